The Morgan fingerprint density at radius 2 is 1.24 bits per heavy atom. The van der Waals surface area contributed by atoms with Crippen LogP contribution in [0.5, 0.6) is 0 Å². The summed E-state index contributed by atoms with van der Waals surface area (Å²) in [7, 11) is -15.6. The molecular formula is C13H22O21S3. The molecule has 7 N–H and O–H groups in total. The van der Waals surface area contributed by atoms with Gasteiger partial charge in [0.2, 0.25) is 0 Å². The Morgan fingerprint density at radius 3 is 1.68 bits per heavy atom. The molecule has 218 valence electrons. The molecule has 10 atom stereocenters. The van der Waals surface area contributed by atoms with Crippen LogP contribution in [0.2, 0.25) is 0 Å². The minimum Gasteiger partial charge on any atom is -0.479 e. The van der Waals surface area contributed by atoms with Gasteiger partial charge in [-0.15, -0.1) is 0 Å². The van der Waals surface area contributed by atoms with Gasteiger partial charge in [-0.05, 0) is 0 Å². The largest absolute Gasteiger partial charge is 0.479 e. The first-order valence-electron chi connectivity index (χ1n) is 9.44. The van der Waals surface area contributed by atoms with Crippen molar-refractivity contribution in [3.63, 3.8) is 0 Å². The lowest BCUT2D eigenvalue weighted by atomic mass is 9.97. The zero-order chi connectivity index (χ0) is 28.5. The molecule has 0 saturated carbocycles. The van der Waals surface area contributed by atoms with Crippen molar-refractivity contribution in [3.8, 4) is 0 Å². The summed E-state index contributed by atoms with van der Waals surface area (Å²) in [6.07, 6.45) is -23.2. The van der Waals surface area contributed by atoms with Gasteiger partial charge in [0.05, 0.1) is 6.61 Å². The zero-order valence-corrected chi connectivity index (χ0v) is 20.5. The van der Waals surface area contributed by atoms with Crippen LogP contribution in [0, 0.1) is 0 Å². The molecule has 2 aliphatic rings. The average Bonchev–Trinajstić information content (AvgIpc) is 2.72. The molecule has 0 aliphatic carbocycles. The first kappa shape index (κ1) is 32.0. The van der Waals surface area contributed by atoms with Crippen LogP contribution < -0.4 is 0 Å². The number of aliphatic carboxylic acids is 1. The molecule has 0 aromatic carbocycles. The van der Waals surface area contributed by atoms with Crippen LogP contribution in [0.15, 0.2) is 0 Å². The lowest BCUT2D eigenvalue weighted by molar-refractivity contribution is -0.345. The van der Waals surface area contributed by atoms with Crippen LogP contribution in [-0.2, 0) is 67.5 Å². The second-order valence-electron chi connectivity index (χ2n) is 7.27. The van der Waals surface area contributed by atoms with E-state index in [0.717, 1.165) is 7.11 Å². The molecule has 2 heterocycles. The maximum atomic E-state index is 11.7. The van der Waals surface area contributed by atoms with E-state index in [9.17, 15) is 50.5 Å². The Hall–Kier alpha value is -1.20. The minimum atomic E-state index is -5.58. The Labute approximate surface area is 208 Å². The second kappa shape index (κ2) is 11.9. The van der Waals surface area contributed by atoms with Crippen molar-refractivity contribution in [3.05, 3.63) is 0 Å². The third-order valence-corrected chi connectivity index (χ3v) is 6.18. The lowest BCUT2D eigenvalue weighted by Gasteiger charge is -2.46. The molecule has 0 bridgehead atoms. The molecule has 0 radical (unpaired) electrons. The van der Waals surface area contributed by atoms with Crippen molar-refractivity contribution in [2.45, 2.75) is 61.4 Å². The van der Waals surface area contributed by atoms with Gasteiger partial charge in [-0.2, -0.15) is 25.3 Å². The van der Waals surface area contributed by atoms with Crippen LogP contribution in [0.25, 0.3) is 0 Å². The summed E-state index contributed by atoms with van der Waals surface area (Å²) in [6, 6.07) is 0. The summed E-state index contributed by atoms with van der Waals surface area (Å²) in [5, 5.41) is 39.7. The van der Waals surface area contributed by atoms with Gasteiger partial charge in [-0.3, -0.25) is 13.7 Å². The van der Waals surface area contributed by atoms with E-state index in [1.165, 1.54) is 0 Å². The second-order valence-corrected chi connectivity index (χ2v) is 10.4. The maximum absolute atomic E-state index is 11.7. The van der Waals surface area contributed by atoms with Gasteiger partial charge in [0, 0.05) is 7.11 Å². The van der Waals surface area contributed by atoms with E-state index >= 15 is 0 Å². The molecule has 2 saturated heterocycles. The molecule has 1 unspecified atom stereocenters. The number of carboxylic acids is 1. The highest BCUT2D eigenvalue weighted by atomic mass is 32.3. The zero-order valence-electron chi connectivity index (χ0n) is 18.1. The summed E-state index contributed by atoms with van der Waals surface area (Å²) < 4.78 is 127. The number of ether oxygens (including phenoxy) is 4. The molecule has 0 amide bonds. The number of carboxylic acid groups (broad SMARTS) is 1. The van der Waals surface area contributed by atoms with Crippen LogP contribution in [0.1, 0.15) is 0 Å². The lowest BCUT2D eigenvalue weighted by Crippen LogP contribution is -2.66. The topological polar surface area (TPSA) is 326 Å². The first-order valence-corrected chi connectivity index (χ1v) is 13.5. The molecule has 24 heteroatoms. The monoisotopic (exact) mass is 610 g/mol. The van der Waals surface area contributed by atoms with E-state index in [0.29, 0.717) is 0 Å². The summed E-state index contributed by atoms with van der Waals surface area (Å²) in [6.45, 7) is -1.17. The minimum absolute atomic E-state index is 0.864. The maximum Gasteiger partial charge on any atom is 0.397 e. The highest BCUT2D eigenvalue weighted by molar-refractivity contribution is 7.81. The quantitative estimate of drug-likeness (QED) is 0.107. The molecule has 21 nitrogen and oxygen atoms in total. The highest BCUT2D eigenvalue weighted by Gasteiger charge is 2.56. The molecule has 0 spiro atoms. The van der Waals surface area contributed by atoms with Gasteiger partial charge < -0.3 is 39.4 Å². The van der Waals surface area contributed by atoms with E-state index in [1.54, 1.807) is 0 Å². The van der Waals surface area contributed by atoms with Crippen LogP contribution in [0.4, 0.5) is 0 Å². The Bertz CT molecular complexity index is 1120. The fraction of sp³-hybridized carbons (Fsp3) is 0.923. The van der Waals surface area contributed by atoms with Gasteiger partial charge in [0.1, 0.15) is 30.5 Å². The Morgan fingerprint density at radius 1 is 0.757 bits per heavy atom. The van der Waals surface area contributed by atoms with Crippen molar-refractivity contribution < 1.29 is 95.6 Å². The van der Waals surface area contributed by atoms with Crippen LogP contribution >= 0.6 is 0 Å². The normalized spacial score (nSPS) is 37.8. The summed E-state index contributed by atoms with van der Waals surface area (Å²) >= 11 is 0. The molecular weight excluding hydrogens is 588 g/mol. The number of rotatable bonds is 11. The standard InChI is InChI=1S/C13H22O21S3/c1-28-12-8(33-36(22,23)24)5(16)6(9(31-12)11(17)18)30-13-10(34-37(25,26)27)7(32-35(19,20)21)4(15)3(2-14)29-13/h3-10,12-16H,2H2,1H3,(H,17,18)(H,19,20,21)(H,22,23,24)(H,25,26,27)/t3-,4+,5+,6+,7?,8-,9+,10-,12+,13-/m1/s1. The SMILES string of the molecule is CO[C@H]1O[C@H](C(=O)O)[C@@H](O[C@H]2O[C@H](CO)[C@H](O)C(OS(=O)(=O)O)[C@H]2OS(=O)(=O)O)[C@H](O)[C@H]1OS(=O)(=O)O. The fourth-order valence-electron chi connectivity index (χ4n) is 3.41. The highest BCUT2D eigenvalue weighted by Crippen LogP contribution is 2.33. The van der Waals surface area contributed by atoms with Crippen LogP contribution in [-0.4, -0.2) is 140 Å². The number of aliphatic hydroxyl groups excluding tert-OH is 3. The average molecular weight is 610 g/mol. The Kier molecular flexibility index (Phi) is 10.3. The molecule has 2 aliphatic heterocycles. The van der Waals surface area contributed by atoms with Crippen molar-refractivity contribution >= 4 is 37.2 Å². The van der Waals surface area contributed by atoms with Crippen molar-refractivity contribution in [2.75, 3.05) is 13.7 Å². The van der Waals surface area contributed by atoms with Gasteiger partial charge >= 0.3 is 37.2 Å². The molecule has 2 fully saturated rings. The molecule has 0 aromatic heterocycles. The number of aliphatic hydroxyl groups is 3. The number of carbonyl (C=O) groups is 1. The van der Waals surface area contributed by atoms with Gasteiger partial charge in [-0.25, -0.2) is 17.3 Å². The number of hydrogen-bond acceptors (Lipinski definition) is 17. The van der Waals surface area contributed by atoms with Crippen LogP contribution in [0.3, 0.4) is 0 Å². The van der Waals surface area contributed by atoms with E-state index in [-0.39, 0.29) is 0 Å². The summed E-state index contributed by atoms with van der Waals surface area (Å²) in [5.41, 5.74) is 0. The van der Waals surface area contributed by atoms with E-state index in [4.69, 9.17) is 32.6 Å². The van der Waals surface area contributed by atoms with Crippen molar-refractivity contribution in [2.24, 2.45) is 0 Å². The smallest absolute Gasteiger partial charge is 0.397 e. The van der Waals surface area contributed by atoms with E-state index < -0.39 is 105 Å². The summed E-state index contributed by atoms with van der Waals surface area (Å²) in [5.74, 6) is -1.91. The van der Waals surface area contributed by atoms with Gasteiger partial charge in [0.25, 0.3) is 0 Å². The first-order chi connectivity index (χ1) is 16.8. The third kappa shape index (κ3) is 8.65. The van der Waals surface area contributed by atoms with Crippen molar-refractivity contribution in [1.29, 1.82) is 0 Å². The van der Waals surface area contributed by atoms with Gasteiger partial charge in [0.15, 0.2) is 30.9 Å². The van der Waals surface area contributed by atoms with Gasteiger partial charge in [-0.1, -0.05) is 0 Å². The third-order valence-electron chi connectivity index (χ3n) is 4.78. The Balaban J connectivity index is 2.54. The molecule has 37 heavy (non-hydrogen) atoms. The number of methoxy groups -OCH3 is 1. The number of hydrogen-bond donors (Lipinski definition) is 7. The summed E-state index contributed by atoms with van der Waals surface area (Å²) in [4.78, 5) is 11.7. The molecule has 2 rings (SSSR count). The predicted molar refractivity (Wildman–Crippen MR) is 105 cm³/mol. The predicted octanol–water partition coefficient (Wildman–Crippen LogP) is -5.17. The van der Waals surface area contributed by atoms with Crippen molar-refractivity contribution in [1.82, 2.24) is 0 Å². The van der Waals surface area contributed by atoms with E-state index in [1.807, 2.05) is 0 Å². The van der Waals surface area contributed by atoms with E-state index in [2.05, 4.69) is 12.5 Å². The fourth-order valence-corrected chi connectivity index (χ4v) is 4.88. The molecule has 0 aromatic rings.